The molecule has 3 rings (SSSR count). The van der Waals surface area contributed by atoms with Gasteiger partial charge in [0.1, 0.15) is 5.01 Å². The monoisotopic (exact) mass is 301 g/mol. The van der Waals surface area contributed by atoms with Crippen molar-refractivity contribution in [1.29, 1.82) is 0 Å². The molecule has 2 aromatic carbocycles. The van der Waals surface area contributed by atoms with Gasteiger partial charge in [-0.2, -0.15) is 11.8 Å². The van der Waals surface area contributed by atoms with Gasteiger partial charge in [0, 0.05) is 11.5 Å². The number of aromatic nitrogens is 1. The lowest BCUT2D eigenvalue weighted by atomic mass is 10.1. The van der Waals surface area contributed by atoms with Crippen LogP contribution in [-0.2, 0) is 5.75 Å². The smallest absolute Gasteiger partial charge is 0.104 e. The first-order chi connectivity index (χ1) is 9.83. The molecule has 2 nitrogen and oxygen atoms in total. The van der Waals surface area contributed by atoms with Gasteiger partial charge in [-0.05, 0) is 17.7 Å². The Labute approximate surface area is 126 Å². The summed E-state index contributed by atoms with van der Waals surface area (Å²) in [5.41, 5.74) is 2.04. The van der Waals surface area contributed by atoms with E-state index in [0.29, 0.717) is 5.75 Å². The minimum absolute atomic E-state index is 0.407. The van der Waals surface area contributed by atoms with Crippen LogP contribution >= 0.6 is 23.1 Å². The van der Waals surface area contributed by atoms with Crippen molar-refractivity contribution < 1.29 is 5.11 Å². The third-order valence-corrected chi connectivity index (χ3v) is 5.27. The highest BCUT2D eigenvalue weighted by Gasteiger charge is 2.08. The highest BCUT2D eigenvalue weighted by atomic mass is 32.2. The number of hydrogen-bond donors (Lipinski definition) is 1. The van der Waals surface area contributed by atoms with Crippen molar-refractivity contribution in [1.82, 2.24) is 4.98 Å². The lowest BCUT2D eigenvalue weighted by molar-refractivity contribution is 0.204. The molecule has 0 saturated carbocycles. The summed E-state index contributed by atoms with van der Waals surface area (Å²) < 4.78 is 1.23. The van der Waals surface area contributed by atoms with E-state index in [-0.39, 0.29) is 0 Å². The van der Waals surface area contributed by atoms with Gasteiger partial charge in [0.15, 0.2) is 0 Å². The molecule has 0 fully saturated rings. The highest BCUT2D eigenvalue weighted by molar-refractivity contribution is 7.98. The van der Waals surface area contributed by atoms with E-state index in [1.165, 1.54) is 4.70 Å². The molecule has 0 bridgehead atoms. The fourth-order valence-electron chi connectivity index (χ4n) is 2.01. The third-order valence-electron chi connectivity index (χ3n) is 3.02. The van der Waals surface area contributed by atoms with E-state index < -0.39 is 6.10 Å². The summed E-state index contributed by atoms with van der Waals surface area (Å²) in [6.45, 7) is 0. The second-order valence-electron chi connectivity index (χ2n) is 4.52. The summed E-state index contributed by atoms with van der Waals surface area (Å²) in [7, 11) is 0. The summed E-state index contributed by atoms with van der Waals surface area (Å²) in [5, 5.41) is 11.2. The molecule has 0 saturated heterocycles. The molecule has 102 valence electrons. The molecule has 1 heterocycles. The van der Waals surface area contributed by atoms with Crippen molar-refractivity contribution >= 4 is 33.3 Å². The van der Waals surface area contributed by atoms with Crippen molar-refractivity contribution in [3.63, 3.8) is 0 Å². The van der Waals surface area contributed by atoms with E-state index >= 15 is 0 Å². The van der Waals surface area contributed by atoms with Gasteiger partial charge in [0.05, 0.1) is 16.3 Å². The highest BCUT2D eigenvalue weighted by Crippen LogP contribution is 2.26. The molecule has 3 aromatic rings. The predicted molar refractivity (Wildman–Crippen MR) is 87.2 cm³/mol. The van der Waals surface area contributed by atoms with Crippen LogP contribution in [0.3, 0.4) is 0 Å². The Kier molecular flexibility index (Phi) is 4.35. The molecule has 4 heteroatoms. The first-order valence-corrected chi connectivity index (χ1v) is 8.45. The van der Waals surface area contributed by atoms with Crippen molar-refractivity contribution in [3.8, 4) is 0 Å². The van der Waals surface area contributed by atoms with Crippen LogP contribution in [0, 0.1) is 0 Å². The number of fused-ring (bicyclic) bond motifs is 1. The van der Waals surface area contributed by atoms with Gasteiger partial charge in [0.25, 0.3) is 0 Å². The third kappa shape index (κ3) is 3.20. The Hall–Kier alpha value is -1.36. The summed E-state index contributed by atoms with van der Waals surface area (Å²) in [6.07, 6.45) is -0.407. The second-order valence-corrected chi connectivity index (χ2v) is 6.66. The molecule has 0 aliphatic carbocycles. The average molecular weight is 301 g/mol. The normalized spacial score (nSPS) is 12.7. The molecular weight excluding hydrogens is 286 g/mol. The number of aliphatic hydroxyl groups is 1. The summed E-state index contributed by atoms with van der Waals surface area (Å²) in [4.78, 5) is 4.60. The van der Waals surface area contributed by atoms with Crippen LogP contribution in [0.2, 0.25) is 0 Å². The summed E-state index contributed by atoms with van der Waals surface area (Å²) >= 11 is 3.45. The minimum atomic E-state index is -0.407. The fraction of sp³-hybridized carbons (Fsp3) is 0.188. The molecule has 0 radical (unpaired) electrons. The van der Waals surface area contributed by atoms with Crippen LogP contribution in [0.25, 0.3) is 10.2 Å². The van der Waals surface area contributed by atoms with E-state index in [1.807, 2.05) is 48.5 Å². The van der Waals surface area contributed by atoms with E-state index in [2.05, 4.69) is 11.1 Å². The molecular formula is C16H15NOS2. The molecule has 0 aliphatic heterocycles. The molecule has 1 atom stereocenters. The van der Waals surface area contributed by atoms with Gasteiger partial charge in [-0.3, -0.25) is 0 Å². The first-order valence-electron chi connectivity index (χ1n) is 6.48. The topological polar surface area (TPSA) is 33.1 Å². The number of hydrogen-bond acceptors (Lipinski definition) is 4. The van der Waals surface area contributed by atoms with Gasteiger partial charge in [-0.25, -0.2) is 4.98 Å². The lowest BCUT2D eigenvalue weighted by Crippen LogP contribution is -2.00. The SMILES string of the molecule is OC(CSCc1nc2ccccc2s1)c1ccccc1. The Morgan fingerprint density at radius 2 is 1.80 bits per heavy atom. The van der Waals surface area contributed by atoms with Gasteiger partial charge >= 0.3 is 0 Å². The maximum Gasteiger partial charge on any atom is 0.104 e. The van der Waals surface area contributed by atoms with Crippen molar-refractivity contribution in [2.24, 2.45) is 0 Å². The Morgan fingerprint density at radius 3 is 2.60 bits per heavy atom. The van der Waals surface area contributed by atoms with Crippen LogP contribution in [-0.4, -0.2) is 15.8 Å². The quantitative estimate of drug-likeness (QED) is 0.764. The first kappa shape index (κ1) is 13.6. The standard InChI is InChI=1S/C16H15NOS2/c18-14(12-6-2-1-3-7-12)10-19-11-16-17-13-8-4-5-9-15(13)20-16/h1-9,14,18H,10-11H2. The summed E-state index contributed by atoms with van der Waals surface area (Å²) in [5.74, 6) is 1.54. The molecule has 0 spiro atoms. The van der Waals surface area contributed by atoms with Crippen LogP contribution in [0.15, 0.2) is 54.6 Å². The number of aliphatic hydroxyl groups excluding tert-OH is 1. The second kappa shape index (κ2) is 6.39. The zero-order valence-electron chi connectivity index (χ0n) is 10.9. The predicted octanol–water partition coefficient (Wildman–Crippen LogP) is 4.26. The molecule has 1 aromatic heterocycles. The molecule has 0 aliphatic rings. The van der Waals surface area contributed by atoms with Crippen LogP contribution in [0.4, 0.5) is 0 Å². The number of thioether (sulfide) groups is 1. The molecule has 20 heavy (non-hydrogen) atoms. The Bertz CT molecular complexity index is 648. The van der Waals surface area contributed by atoms with Crippen molar-refractivity contribution in [2.75, 3.05) is 5.75 Å². The van der Waals surface area contributed by atoms with E-state index in [0.717, 1.165) is 21.8 Å². The minimum Gasteiger partial charge on any atom is -0.388 e. The molecule has 0 amide bonds. The van der Waals surface area contributed by atoms with Crippen LogP contribution in [0.5, 0.6) is 0 Å². The zero-order chi connectivity index (χ0) is 13.8. The Balaban J connectivity index is 1.57. The average Bonchev–Trinajstić information content (AvgIpc) is 2.90. The van der Waals surface area contributed by atoms with Gasteiger partial charge in [0.2, 0.25) is 0 Å². The fourth-order valence-corrected chi connectivity index (χ4v) is 4.03. The maximum atomic E-state index is 10.1. The van der Waals surface area contributed by atoms with E-state index in [9.17, 15) is 5.11 Å². The van der Waals surface area contributed by atoms with Crippen molar-refractivity contribution in [2.45, 2.75) is 11.9 Å². The number of para-hydroxylation sites is 1. The maximum absolute atomic E-state index is 10.1. The van der Waals surface area contributed by atoms with E-state index in [1.54, 1.807) is 23.1 Å². The van der Waals surface area contributed by atoms with Crippen LogP contribution < -0.4 is 0 Å². The molecule has 1 N–H and O–H groups in total. The lowest BCUT2D eigenvalue weighted by Gasteiger charge is -2.09. The number of thiazole rings is 1. The summed E-state index contributed by atoms with van der Waals surface area (Å²) in [6, 6.07) is 18.0. The number of benzene rings is 2. The zero-order valence-corrected chi connectivity index (χ0v) is 12.5. The van der Waals surface area contributed by atoms with Gasteiger partial charge in [-0.1, -0.05) is 42.5 Å². The Morgan fingerprint density at radius 1 is 1.05 bits per heavy atom. The molecule has 1 unspecified atom stereocenters. The van der Waals surface area contributed by atoms with E-state index in [4.69, 9.17) is 0 Å². The number of nitrogens with zero attached hydrogens (tertiary/aromatic N) is 1. The van der Waals surface area contributed by atoms with Gasteiger partial charge < -0.3 is 5.11 Å². The van der Waals surface area contributed by atoms with Crippen LogP contribution in [0.1, 0.15) is 16.7 Å². The van der Waals surface area contributed by atoms with Crippen molar-refractivity contribution in [3.05, 3.63) is 65.2 Å². The number of rotatable bonds is 5. The largest absolute Gasteiger partial charge is 0.388 e. The van der Waals surface area contributed by atoms with Gasteiger partial charge in [-0.15, -0.1) is 11.3 Å².